The molecule has 0 atom stereocenters. The van der Waals surface area contributed by atoms with E-state index in [1.165, 1.54) is 6.07 Å². The molecule has 0 spiro atoms. The van der Waals surface area contributed by atoms with Crippen LogP contribution in [-0.2, 0) is 6.42 Å². The van der Waals surface area contributed by atoms with Crippen molar-refractivity contribution in [3.63, 3.8) is 0 Å². The van der Waals surface area contributed by atoms with Crippen LogP contribution in [0.2, 0.25) is 0 Å². The molecule has 0 unspecified atom stereocenters. The van der Waals surface area contributed by atoms with Crippen LogP contribution in [-0.4, -0.2) is 53.5 Å². The summed E-state index contributed by atoms with van der Waals surface area (Å²) in [6.07, 6.45) is 2.49. The van der Waals surface area contributed by atoms with E-state index >= 15 is 0 Å². The highest BCUT2D eigenvalue weighted by atomic mass is 19.1. The number of benzene rings is 1. The third kappa shape index (κ3) is 3.06. The minimum Gasteiger partial charge on any atom is -0.493 e. The Balaban J connectivity index is 1.59. The van der Waals surface area contributed by atoms with Crippen LogP contribution in [0.25, 0.3) is 5.65 Å². The Labute approximate surface area is 163 Å². The molecule has 1 aliphatic rings. The topological polar surface area (TPSA) is 50.1 Å². The molecule has 28 heavy (non-hydrogen) atoms. The van der Waals surface area contributed by atoms with Crippen LogP contribution in [0.4, 0.5) is 10.1 Å². The van der Waals surface area contributed by atoms with Crippen LogP contribution in [0.15, 0.2) is 42.6 Å². The van der Waals surface area contributed by atoms with E-state index < -0.39 is 0 Å². The normalized spacial score (nSPS) is 14.5. The molecule has 3 aromatic rings. The number of amides is 1. The fourth-order valence-corrected chi connectivity index (χ4v) is 3.73. The summed E-state index contributed by atoms with van der Waals surface area (Å²) >= 11 is 0. The second kappa shape index (κ2) is 7.50. The monoisotopic (exact) mass is 382 g/mol. The lowest BCUT2D eigenvalue weighted by Gasteiger charge is -2.36. The molecule has 3 heterocycles. The van der Waals surface area contributed by atoms with Gasteiger partial charge in [-0.15, -0.1) is 0 Å². The van der Waals surface area contributed by atoms with Crippen molar-refractivity contribution in [1.82, 2.24) is 14.3 Å². The molecule has 1 amide bonds. The van der Waals surface area contributed by atoms with Crippen molar-refractivity contribution in [1.29, 1.82) is 0 Å². The molecule has 4 rings (SSSR count). The molecule has 0 N–H and O–H groups in total. The third-order valence-corrected chi connectivity index (χ3v) is 5.20. The molecular formula is C21H23FN4O2. The molecule has 0 saturated carbocycles. The Morgan fingerprint density at radius 1 is 1.14 bits per heavy atom. The average Bonchev–Trinajstić information content (AvgIpc) is 3.12. The molecule has 0 aliphatic carbocycles. The van der Waals surface area contributed by atoms with Crippen molar-refractivity contribution >= 4 is 17.2 Å². The lowest BCUT2D eigenvalue weighted by atomic mass is 10.2. The van der Waals surface area contributed by atoms with Gasteiger partial charge in [0.05, 0.1) is 18.5 Å². The summed E-state index contributed by atoms with van der Waals surface area (Å²) in [7, 11) is 1.60. The number of anilines is 1. The summed E-state index contributed by atoms with van der Waals surface area (Å²) in [6.45, 7) is 4.24. The number of rotatable bonds is 4. The van der Waals surface area contributed by atoms with E-state index in [0.29, 0.717) is 55.4 Å². The second-order valence-corrected chi connectivity index (χ2v) is 6.76. The maximum Gasteiger partial charge on any atom is 0.272 e. The third-order valence-electron chi connectivity index (χ3n) is 5.20. The van der Waals surface area contributed by atoms with E-state index in [4.69, 9.17) is 4.74 Å². The van der Waals surface area contributed by atoms with Crippen molar-refractivity contribution in [2.24, 2.45) is 0 Å². The Kier molecular flexibility index (Phi) is 4.90. The maximum absolute atomic E-state index is 14.1. The fraction of sp³-hybridized carbons (Fsp3) is 0.333. The molecule has 1 aromatic carbocycles. The van der Waals surface area contributed by atoms with Gasteiger partial charge in [-0.25, -0.2) is 9.37 Å². The van der Waals surface area contributed by atoms with E-state index in [9.17, 15) is 9.18 Å². The van der Waals surface area contributed by atoms with E-state index in [2.05, 4.69) is 4.98 Å². The molecule has 1 fully saturated rings. The van der Waals surface area contributed by atoms with Gasteiger partial charge in [0.1, 0.15) is 11.5 Å². The van der Waals surface area contributed by atoms with Crippen LogP contribution in [0.1, 0.15) is 23.1 Å². The van der Waals surface area contributed by atoms with E-state index in [1.54, 1.807) is 19.2 Å². The highest BCUT2D eigenvalue weighted by Gasteiger charge is 2.28. The summed E-state index contributed by atoms with van der Waals surface area (Å²) in [4.78, 5) is 21.7. The number of hydrogen-bond acceptors (Lipinski definition) is 4. The number of nitrogens with zero attached hydrogens (tertiary/aromatic N) is 4. The van der Waals surface area contributed by atoms with E-state index in [-0.39, 0.29) is 11.7 Å². The van der Waals surface area contributed by atoms with Gasteiger partial charge in [0.15, 0.2) is 11.4 Å². The zero-order chi connectivity index (χ0) is 19.7. The quantitative estimate of drug-likeness (QED) is 0.696. The number of para-hydroxylation sites is 1. The zero-order valence-electron chi connectivity index (χ0n) is 16.1. The van der Waals surface area contributed by atoms with Gasteiger partial charge < -0.3 is 14.5 Å². The first-order valence-electron chi connectivity index (χ1n) is 9.46. The van der Waals surface area contributed by atoms with Crippen molar-refractivity contribution in [3.05, 3.63) is 59.8 Å². The minimum atomic E-state index is -0.232. The number of piperazine rings is 1. The summed E-state index contributed by atoms with van der Waals surface area (Å²) in [6, 6.07) is 10.4. The molecule has 2 aromatic heterocycles. The molecule has 146 valence electrons. The number of fused-ring (bicyclic) bond motifs is 1. The predicted molar refractivity (Wildman–Crippen MR) is 106 cm³/mol. The van der Waals surface area contributed by atoms with Gasteiger partial charge in [0.2, 0.25) is 0 Å². The number of hydrogen-bond donors (Lipinski definition) is 0. The first kappa shape index (κ1) is 18.3. The smallest absolute Gasteiger partial charge is 0.272 e. The number of halogens is 1. The summed E-state index contributed by atoms with van der Waals surface area (Å²) in [5, 5.41) is 0. The number of carbonyl (C=O) groups excluding carboxylic acids is 1. The van der Waals surface area contributed by atoms with Gasteiger partial charge in [-0.1, -0.05) is 19.1 Å². The first-order chi connectivity index (χ1) is 13.6. The van der Waals surface area contributed by atoms with E-state index in [1.807, 2.05) is 45.5 Å². The number of aromatic nitrogens is 2. The largest absolute Gasteiger partial charge is 0.493 e. The summed E-state index contributed by atoms with van der Waals surface area (Å²) in [5.41, 5.74) is 2.57. The van der Waals surface area contributed by atoms with Crippen molar-refractivity contribution < 1.29 is 13.9 Å². The van der Waals surface area contributed by atoms with E-state index in [0.717, 1.165) is 5.69 Å². The SMILES string of the molecule is CCc1nc2c(OC)cccn2c1C(=O)N1CCN(c2ccccc2F)CC1. The standard InChI is InChI=1S/C21H23FN4O2/c1-3-16-19(26-10-6-9-18(28-2)20(26)23-16)21(27)25-13-11-24(12-14-25)17-8-5-4-7-15(17)22/h4-10H,3,11-14H2,1-2H3. The Morgan fingerprint density at radius 2 is 1.89 bits per heavy atom. The Bertz CT molecular complexity index is 1010. The molecule has 0 radical (unpaired) electrons. The second-order valence-electron chi connectivity index (χ2n) is 6.76. The lowest BCUT2D eigenvalue weighted by molar-refractivity contribution is 0.0738. The number of pyridine rings is 1. The van der Waals surface area contributed by atoms with Gasteiger partial charge in [-0.05, 0) is 30.7 Å². The maximum atomic E-state index is 14.1. The Hall–Kier alpha value is -3.09. The molecular weight excluding hydrogens is 359 g/mol. The van der Waals surface area contributed by atoms with Crippen molar-refractivity contribution in [2.45, 2.75) is 13.3 Å². The Morgan fingerprint density at radius 3 is 2.57 bits per heavy atom. The van der Waals surface area contributed by atoms with Gasteiger partial charge in [0, 0.05) is 32.4 Å². The summed E-state index contributed by atoms with van der Waals surface area (Å²) in [5.74, 6) is 0.357. The van der Waals surface area contributed by atoms with Gasteiger partial charge in [-0.3, -0.25) is 9.20 Å². The number of aryl methyl sites for hydroxylation is 1. The first-order valence-corrected chi connectivity index (χ1v) is 9.46. The van der Waals surface area contributed by atoms with Gasteiger partial charge >= 0.3 is 0 Å². The number of carbonyl (C=O) groups is 1. The van der Waals surface area contributed by atoms with Crippen LogP contribution in [0, 0.1) is 5.82 Å². The van der Waals surface area contributed by atoms with Crippen LogP contribution < -0.4 is 9.64 Å². The molecule has 0 bridgehead atoms. The van der Waals surface area contributed by atoms with Gasteiger partial charge in [0.25, 0.3) is 5.91 Å². The highest BCUT2D eigenvalue weighted by molar-refractivity contribution is 5.95. The van der Waals surface area contributed by atoms with Crippen molar-refractivity contribution in [3.8, 4) is 5.75 Å². The zero-order valence-corrected chi connectivity index (χ0v) is 16.1. The van der Waals surface area contributed by atoms with Gasteiger partial charge in [-0.2, -0.15) is 0 Å². The molecule has 1 aliphatic heterocycles. The molecule has 7 heteroatoms. The fourth-order valence-electron chi connectivity index (χ4n) is 3.73. The minimum absolute atomic E-state index is 0.0502. The highest BCUT2D eigenvalue weighted by Crippen LogP contribution is 2.25. The lowest BCUT2D eigenvalue weighted by Crippen LogP contribution is -2.49. The van der Waals surface area contributed by atoms with Crippen molar-refractivity contribution in [2.75, 3.05) is 38.2 Å². The number of methoxy groups -OCH3 is 1. The predicted octanol–water partition coefficient (Wildman–Crippen LogP) is 3.01. The van der Waals surface area contributed by atoms with Crippen LogP contribution >= 0.6 is 0 Å². The molecule has 1 saturated heterocycles. The molecule has 6 nitrogen and oxygen atoms in total. The average molecular weight is 382 g/mol. The number of ether oxygens (including phenoxy) is 1. The van der Waals surface area contributed by atoms with Crippen LogP contribution in [0.5, 0.6) is 5.75 Å². The number of imidazole rings is 1. The van der Waals surface area contributed by atoms with Crippen LogP contribution in [0.3, 0.4) is 0 Å². The summed E-state index contributed by atoms with van der Waals surface area (Å²) < 4.78 is 21.3.